The first-order chi connectivity index (χ1) is 13.5. The van der Waals surface area contributed by atoms with Crippen molar-refractivity contribution in [2.24, 2.45) is 14.1 Å². The molecule has 0 N–H and O–H groups in total. The van der Waals surface area contributed by atoms with Crippen molar-refractivity contribution < 1.29 is 9.53 Å². The number of fused-ring (bicyclic) bond motifs is 4. The second-order valence-corrected chi connectivity index (χ2v) is 7.43. The number of benzene rings is 2. The average molecular weight is 372 g/mol. The molecule has 5 heteroatoms. The van der Waals surface area contributed by atoms with Crippen LogP contribution < -0.4 is 10.3 Å². The SMILES string of the molecule is Cc1c([C@H]2CC(=O)Oc3c2c(=O)n(C)c2ccccc32)c2ccccc2n1C. The Kier molecular flexibility index (Phi) is 3.50. The van der Waals surface area contributed by atoms with E-state index in [1.54, 1.807) is 11.6 Å². The van der Waals surface area contributed by atoms with E-state index in [0.717, 1.165) is 33.1 Å². The fraction of sp³-hybridized carbons (Fsp3) is 0.217. The average Bonchev–Trinajstić information content (AvgIpc) is 2.96. The highest BCUT2D eigenvalue weighted by atomic mass is 16.5. The summed E-state index contributed by atoms with van der Waals surface area (Å²) in [5.41, 5.74) is 4.40. The molecule has 0 fully saturated rings. The minimum absolute atomic E-state index is 0.112. The Labute approximate surface area is 161 Å². The van der Waals surface area contributed by atoms with Gasteiger partial charge >= 0.3 is 5.97 Å². The van der Waals surface area contributed by atoms with Gasteiger partial charge in [0.15, 0.2) is 0 Å². The van der Waals surface area contributed by atoms with E-state index in [0.29, 0.717) is 11.3 Å². The quantitative estimate of drug-likeness (QED) is 0.478. The number of para-hydroxylation sites is 2. The molecule has 2 aromatic heterocycles. The molecule has 5 nitrogen and oxygen atoms in total. The highest BCUT2D eigenvalue weighted by Gasteiger charge is 2.36. The summed E-state index contributed by atoms with van der Waals surface area (Å²) < 4.78 is 9.41. The molecule has 0 saturated heterocycles. The van der Waals surface area contributed by atoms with Crippen LogP contribution in [0.15, 0.2) is 53.3 Å². The normalized spacial score (nSPS) is 16.4. The van der Waals surface area contributed by atoms with Gasteiger partial charge in [0, 0.05) is 42.0 Å². The van der Waals surface area contributed by atoms with Crippen LogP contribution in [0.1, 0.15) is 29.2 Å². The zero-order valence-corrected chi connectivity index (χ0v) is 16.0. The van der Waals surface area contributed by atoms with Crippen molar-refractivity contribution >= 4 is 27.8 Å². The summed E-state index contributed by atoms with van der Waals surface area (Å²) in [6.45, 7) is 2.04. The molecule has 28 heavy (non-hydrogen) atoms. The molecule has 0 radical (unpaired) electrons. The van der Waals surface area contributed by atoms with E-state index >= 15 is 0 Å². The monoisotopic (exact) mass is 372 g/mol. The molecule has 5 rings (SSSR count). The summed E-state index contributed by atoms with van der Waals surface area (Å²) in [5, 5.41) is 1.86. The number of hydrogen-bond acceptors (Lipinski definition) is 3. The van der Waals surface area contributed by atoms with Crippen LogP contribution in [0.25, 0.3) is 21.8 Å². The minimum Gasteiger partial charge on any atom is -0.425 e. The third-order valence-electron chi connectivity index (χ3n) is 6.02. The van der Waals surface area contributed by atoms with Gasteiger partial charge < -0.3 is 13.9 Å². The predicted octanol–water partition coefficient (Wildman–Crippen LogP) is 3.78. The first-order valence-electron chi connectivity index (χ1n) is 9.35. The van der Waals surface area contributed by atoms with Crippen molar-refractivity contribution in [3.05, 3.63) is 75.7 Å². The molecule has 0 unspecified atom stereocenters. The molecule has 140 valence electrons. The van der Waals surface area contributed by atoms with Crippen molar-refractivity contribution in [2.45, 2.75) is 19.3 Å². The Balaban J connectivity index is 1.91. The third kappa shape index (κ3) is 2.13. The van der Waals surface area contributed by atoms with Gasteiger partial charge in [-0.25, -0.2) is 0 Å². The van der Waals surface area contributed by atoms with E-state index in [1.165, 1.54) is 0 Å². The van der Waals surface area contributed by atoms with E-state index in [4.69, 9.17) is 4.74 Å². The largest absolute Gasteiger partial charge is 0.425 e. The number of aryl methyl sites for hydroxylation is 2. The third-order valence-corrected chi connectivity index (χ3v) is 6.02. The number of carbonyl (C=O) groups is 1. The standard InChI is InChI=1S/C23H20N2O3/c1-13-20(14-8-4-6-10-17(14)24(13)2)16-12-19(26)28-22-15-9-5-7-11-18(15)25(3)23(27)21(16)22/h4-11,16H,12H2,1-3H3/t16-/m1/s1. The van der Waals surface area contributed by atoms with Gasteiger partial charge in [0.05, 0.1) is 17.5 Å². The summed E-state index contributed by atoms with van der Waals surface area (Å²) >= 11 is 0. The number of ether oxygens (including phenoxy) is 1. The molecule has 2 aromatic carbocycles. The molecular formula is C23H20N2O3. The van der Waals surface area contributed by atoms with Crippen molar-refractivity contribution in [3.63, 3.8) is 0 Å². The second-order valence-electron chi connectivity index (χ2n) is 7.43. The van der Waals surface area contributed by atoms with Gasteiger partial charge in [-0.3, -0.25) is 9.59 Å². The molecule has 1 aliphatic heterocycles. The maximum absolute atomic E-state index is 13.3. The number of rotatable bonds is 1. The van der Waals surface area contributed by atoms with Crippen LogP contribution in [0.2, 0.25) is 0 Å². The summed E-state index contributed by atoms with van der Waals surface area (Å²) in [6, 6.07) is 15.7. The van der Waals surface area contributed by atoms with Crippen LogP contribution in [0.3, 0.4) is 0 Å². The van der Waals surface area contributed by atoms with Crippen molar-refractivity contribution in [2.75, 3.05) is 0 Å². The topological polar surface area (TPSA) is 53.2 Å². The highest BCUT2D eigenvalue weighted by molar-refractivity contribution is 5.94. The van der Waals surface area contributed by atoms with Crippen LogP contribution in [0, 0.1) is 6.92 Å². The van der Waals surface area contributed by atoms with E-state index in [-0.39, 0.29) is 23.9 Å². The number of hydrogen-bond donors (Lipinski definition) is 0. The first kappa shape index (κ1) is 16.8. The molecule has 1 atom stereocenters. The number of aromatic nitrogens is 2. The lowest BCUT2D eigenvalue weighted by Crippen LogP contribution is -2.31. The number of carbonyl (C=O) groups excluding carboxylic acids is 1. The molecule has 0 spiro atoms. The molecule has 0 aliphatic carbocycles. The lowest BCUT2D eigenvalue weighted by molar-refractivity contribution is -0.135. The van der Waals surface area contributed by atoms with E-state index < -0.39 is 0 Å². The van der Waals surface area contributed by atoms with Gasteiger partial charge in [-0.1, -0.05) is 30.3 Å². The summed E-state index contributed by atoms with van der Waals surface area (Å²) in [6.07, 6.45) is 0.162. The Morgan fingerprint density at radius 3 is 2.18 bits per heavy atom. The molecule has 1 aliphatic rings. The first-order valence-corrected chi connectivity index (χ1v) is 9.35. The van der Waals surface area contributed by atoms with E-state index in [2.05, 4.69) is 16.7 Å². The summed E-state index contributed by atoms with van der Waals surface area (Å²) in [7, 11) is 3.79. The molecule has 4 aromatic rings. The van der Waals surface area contributed by atoms with Crippen molar-refractivity contribution in [1.82, 2.24) is 9.13 Å². The van der Waals surface area contributed by atoms with Crippen LogP contribution in [-0.4, -0.2) is 15.1 Å². The fourth-order valence-corrected chi connectivity index (χ4v) is 4.57. The van der Waals surface area contributed by atoms with Crippen LogP contribution in [0.5, 0.6) is 5.75 Å². The summed E-state index contributed by atoms with van der Waals surface area (Å²) in [4.78, 5) is 25.9. The van der Waals surface area contributed by atoms with Gasteiger partial charge in [-0.15, -0.1) is 0 Å². The minimum atomic E-state index is -0.328. The molecule has 0 saturated carbocycles. The Hall–Kier alpha value is -3.34. The Morgan fingerprint density at radius 1 is 0.857 bits per heavy atom. The molecule has 0 bridgehead atoms. The van der Waals surface area contributed by atoms with Gasteiger partial charge in [0.2, 0.25) is 0 Å². The zero-order valence-electron chi connectivity index (χ0n) is 16.0. The predicted molar refractivity (Wildman–Crippen MR) is 109 cm³/mol. The van der Waals surface area contributed by atoms with Crippen molar-refractivity contribution in [1.29, 1.82) is 0 Å². The van der Waals surface area contributed by atoms with Gasteiger partial charge in [-0.05, 0) is 30.7 Å². The van der Waals surface area contributed by atoms with E-state index in [9.17, 15) is 9.59 Å². The lowest BCUT2D eigenvalue weighted by atomic mass is 9.84. The molecule has 0 amide bonds. The summed E-state index contributed by atoms with van der Waals surface area (Å²) in [5.74, 6) is -0.221. The van der Waals surface area contributed by atoms with Gasteiger partial charge in [-0.2, -0.15) is 0 Å². The maximum Gasteiger partial charge on any atom is 0.312 e. The Bertz CT molecular complexity index is 1340. The highest BCUT2D eigenvalue weighted by Crippen LogP contribution is 2.44. The maximum atomic E-state index is 13.3. The van der Waals surface area contributed by atoms with Crippen LogP contribution in [0.4, 0.5) is 0 Å². The number of esters is 1. The van der Waals surface area contributed by atoms with Gasteiger partial charge in [0.1, 0.15) is 5.75 Å². The van der Waals surface area contributed by atoms with Crippen LogP contribution in [-0.2, 0) is 18.9 Å². The number of nitrogens with zero attached hydrogens (tertiary/aromatic N) is 2. The van der Waals surface area contributed by atoms with Crippen LogP contribution >= 0.6 is 0 Å². The van der Waals surface area contributed by atoms with E-state index in [1.807, 2.05) is 50.4 Å². The molecular weight excluding hydrogens is 352 g/mol. The smallest absolute Gasteiger partial charge is 0.312 e. The van der Waals surface area contributed by atoms with Crippen molar-refractivity contribution in [3.8, 4) is 5.75 Å². The Morgan fingerprint density at radius 2 is 1.46 bits per heavy atom. The molecule has 3 heterocycles. The number of pyridine rings is 1. The zero-order chi connectivity index (χ0) is 19.6. The van der Waals surface area contributed by atoms with Gasteiger partial charge in [0.25, 0.3) is 5.56 Å². The lowest BCUT2D eigenvalue weighted by Gasteiger charge is -2.26. The fourth-order valence-electron chi connectivity index (χ4n) is 4.57. The second kappa shape index (κ2) is 5.83.